The zero-order chi connectivity index (χ0) is 18.1. The quantitative estimate of drug-likeness (QED) is 0.225. The molecule has 2 aromatic carbocycles. The van der Waals surface area contributed by atoms with Crippen LogP contribution in [0.15, 0.2) is 58.5 Å². The Hall–Kier alpha value is -2.49. The number of nitro benzene ring substituents is 1. The van der Waals surface area contributed by atoms with E-state index in [-0.39, 0.29) is 12.3 Å². The maximum Gasteiger partial charge on any atom is 0.283 e. The van der Waals surface area contributed by atoms with E-state index in [1.54, 1.807) is 12.1 Å². The Labute approximate surface area is 154 Å². The van der Waals surface area contributed by atoms with Crippen LogP contribution in [0.2, 0.25) is 0 Å². The number of hydrogen-bond acceptors (Lipinski definition) is 6. The van der Waals surface area contributed by atoms with Crippen molar-refractivity contribution in [1.82, 2.24) is 5.43 Å². The molecule has 0 heterocycles. The van der Waals surface area contributed by atoms with Gasteiger partial charge in [-0.05, 0) is 30.4 Å². The van der Waals surface area contributed by atoms with Gasteiger partial charge in [-0.1, -0.05) is 24.3 Å². The molecule has 0 aliphatic heterocycles. The lowest BCUT2D eigenvalue weighted by Gasteiger charge is -2.06. The second-order valence-corrected chi connectivity index (χ2v) is 6.29. The fraction of sp³-hybridized carbons (Fsp3) is 0.125. The normalized spacial score (nSPS) is 10.6. The van der Waals surface area contributed by atoms with Crippen LogP contribution in [0, 0.1) is 10.1 Å². The molecule has 0 radical (unpaired) electrons. The number of nitrogens with zero attached hydrogens (tertiary/aromatic N) is 2. The van der Waals surface area contributed by atoms with Crippen molar-refractivity contribution >= 4 is 46.7 Å². The molecule has 0 aromatic heterocycles. The highest BCUT2D eigenvalue weighted by atomic mass is 32.2. The number of aliphatic hydroxyl groups is 1. The Bertz CT molecular complexity index is 769. The molecular formula is C16H16N4O3S2. The number of nitrogens with one attached hydrogen (secondary N) is 2. The van der Waals surface area contributed by atoms with Crippen LogP contribution in [-0.2, 0) is 0 Å². The van der Waals surface area contributed by atoms with Crippen LogP contribution < -0.4 is 10.7 Å². The number of aliphatic hydroxyl groups excluding tert-OH is 1. The van der Waals surface area contributed by atoms with Crippen LogP contribution >= 0.6 is 24.0 Å². The molecule has 0 bridgehead atoms. The predicted octanol–water partition coefficient (Wildman–Crippen LogP) is 3.00. The molecule has 7 nitrogen and oxygen atoms in total. The molecule has 0 aliphatic rings. The molecule has 0 saturated heterocycles. The molecule has 2 rings (SSSR count). The van der Waals surface area contributed by atoms with Gasteiger partial charge in [0.15, 0.2) is 5.11 Å². The number of benzene rings is 2. The monoisotopic (exact) mass is 376 g/mol. The average molecular weight is 376 g/mol. The molecule has 0 spiro atoms. The third-order valence-corrected chi connectivity index (χ3v) is 4.18. The smallest absolute Gasteiger partial charge is 0.283 e. The largest absolute Gasteiger partial charge is 0.396 e. The summed E-state index contributed by atoms with van der Waals surface area (Å²) in [7, 11) is 0. The number of nitro groups is 1. The van der Waals surface area contributed by atoms with Crippen molar-refractivity contribution in [3.8, 4) is 0 Å². The molecule has 0 aliphatic carbocycles. The lowest BCUT2D eigenvalue weighted by atomic mass is 10.2. The van der Waals surface area contributed by atoms with Gasteiger partial charge in [-0.25, -0.2) is 0 Å². The lowest BCUT2D eigenvalue weighted by molar-refractivity contribution is -0.387. The van der Waals surface area contributed by atoms with Crippen LogP contribution in [0.3, 0.4) is 0 Å². The minimum atomic E-state index is -0.452. The highest BCUT2D eigenvalue weighted by Gasteiger charge is 2.14. The number of para-hydroxylation sites is 1. The van der Waals surface area contributed by atoms with Crippen molar-refractivity contribution < 1.29 is 10.0 Å². The van der Waals surface area contributed by atoms with E-state index in [9.17, 15) is 10.1 Å². The number of thioether (sulfide) groups is 1. The molecule has 2 aromatic rings. The van der Waals surface area contributed by atoms with Crippen LogP contribution in [0.5, 0.6) is 0 Å². The van der Waals surface area contributed by atoms with E-state index in [0.29, 0.717) is 21.3 Å². The zero-order valence-corrected chi connectivity index (χ0v) is 14.7. The SMILES string of the molecule is O=[N+]([O-])c1cc(/C=N/NC(=S)Nc2ccccc2)ccc1SCCO. The minimum Gasteiger partial charge on any atom is -0.396 e. The first kappa shape index (κ1) is 18.8. The number of hydrazone groups is 1. The highest BCUT2D eigenvalue weighted by Crippen LogP contribution is 2.29. The van der Waals surface area contributed by atoms with Gasteiger partial charge in [-0.3, -0.25) is 15.5 Å². The van der Waals surface area contributed by atoms with Gasteiger partial charge in [0.1, 0.15) is 0 Å². The van der Waals surface area contributed by atoms with Crippen molar-refractivity contribution in [2.45, 2.75) is 4.90 Å². The van der Waals surface area contributed by atoms with Gasteiger partial charge < -0.3 is 10.4 Å². The van der Waals surface area contributed by atoms with E-state index >= 15 is 0 Å². The van der Waals surface area contributed by atoms with E-state index in [4.69, 9.17) is 17.3 Å². The Morgan fingerprint density at radius 2 is 2.08 bits per heavy atom. The maximum atomic E-state index is 11.2. The number of hydrogen-bond donors (Lipinski definition) is 3. The van der Waals surface area contributed by atoms with Gasteiger partial charge in [0.25, 0.3) is 5.69 Å². The molecule has 0 atom stereocenters. The van der Waals surface area contributed by atoms with Crippen LogP contribution in [-0.4, -0.2) is 33.7 Å². The van der Waals surface area contributed by atoms with Crippen molar-refractivity contribution in [3.05, 3.63) is 64.2 Å². The summed E-state index contributed by atoms with van der Waals surface area (Å²) >= 11 is 6.35. The summed E-state index contributed by atoms with van der Waals surface area (Å²) in [6.07, 6.45) is 1.45. The average Bonchev–Trinajstić information content (AvgIpc) is 2.61. The predicted molar refractivity (Wildman–Crippen MR) is 104 cm³/mol. The molecule has 0 fully saturated rings. The molecule has 9 heteroatoms. The first-order chi connectivity index (χ1) is 12.1. The first-order valence-electron chi connectivity index (χ1n) is 7.27. The minimum absolute atomic E-state index is 0.0209. The summed E-state index contributed by atoms with van der Waals surface area (Å²) in [5, 5.41) is 27.3. The molecule has 0 saturated carbocycles. The van der Waals surface area contributed by atoms with E-state index in [0.717, 1.165) is 5.69 Å². The van der Waals surface area contributed by atoms with E-state index in [1.807, 2.05) is 30.3 Å². The van der Waals surface area contributed by atoms with Crippen molar-refractivity contribution in [1.29, 1.82) is 0 Å². The lowest BCUT2D eigenvalue weighted by Crippen LogP contribution is -2.23. The van der Waals surface area contributed by atoms with Crippen molar-refractivity contribution in [3.63, 3.8) is 0 Å². The summed E-state index contributed by atoms with van der Waals surface area (Å²) in [4.78, 5) is 11.2. The third-order valence-electron chi connectivity index (χ3n) is 2.94. The molecule has 0 unspecified atom stereocenters. The number of anilines is 1. The summed E-state index contributed by atoms with van der Waals surface area (Å²) in [5.41, 5.74) is 4.03. The molecule has 25 heavy (non-hydrogen) atoms. The second-order valence-electron chi connectivity index (χ2n) is 4.75. The molecule has 130 valence electrons. The van der Waals surface area contributed by atoms with Crippen LogP contribution in [0.25, 0.3) is 0 Å². The van der Waals surface area contributed by atoms with E-state index in [2.05, 4.69) is 15.8 Å². The van der Waals surface area contributed by atoms with E-state index in [1.165, 1.54) is 24.0 Å². The maximum absolute atomic E-state index is 11.2. The standard InChI is InChI=1S/C16H16N4O3S2/c21-8-9-25-15-7-6-12(10-14(15)20(22)23)11-17-19-16(24)18-13-4-2-1-3-5-13/h1-7,10-11,21H,8-9H2,(H2,18,19,24)/b17-11+. The van der Waals surface area contributed by atoms with Crippen LogP contribution in [0.1, 0.15) is 5.56 Å². The Morgan fingerprint density at radius 1 is 1.32 bits per heavy atom. The molecular weight excluding hydrogens is 360 g/mol. The molecule has 0 amide bonds. The summed E-state index contributed by atoms with van der Waals surface area (Å²) < 4.78 is 0. The third kappa shape index (κ3) is 6.14. The Kier molecular flexibility index (Phi) is 7.33. The number of rotatable bonds is 7. The van der Waals surface area contributed by atoms with Gasteiger partial charge in [0.2, 0.25) is 0 Å². The summed E-state index contributed by atoms with van der Waals surface area (Å²) in [6, 6.07) is 14.2. The van der Waals surface area contributed by atoms with Gasteiger partial charge in [0.05, 0.1) is 22.6 Å². The summed E-state index contributed by atoms with van der Waals surface area (Å²) in [6.45, 7) is -0.0409. The van der Waals surface area contributed by atoms with Gasteiger partial charge in [-0.15, -0.1) is 11.8 Å². The van der Waals surface area contributed by atoms with Gasteiger partial charge in [0, 0.05) is 23.1 Å². The molecule has 3 N–H and O–H groups in total. The van der Waals surface area contributed by atoms with Crippen molar-refractivity contribution in [2.24, 2.45) is 5.10 Å². The topological polar surface area (TPSA) is 99.8 Å². The highest BCUT2D eigenvalue weighted by molar-refractivity contribution is 7.99. The van der Waals surface area contributed by atoms with Crippen LogP contribution in [0.4, 0.5) is 11.4 Å². The fourth-order valence-electron chi connectivity index (χ4n) is 1.88. The van der Waals surface area contributed by atoms with Gasteiger partial charge >= 0.3 is 0 Å². The summed E-state index contributed by atoms with van der Waals surface area (Å²) in [5.74, 6) is 0.398. The van der Waals surface area contributed by atoms with E-state index < -0.39 is 4.92 Å². The fourth-order valence-corrected chi connectivity index (χ4v) is 2.81. The Morgan fingerprint density at radius 3 is 2.76 bits per heavy atom. The number of thiocarbonyl (C=S) groups is 1. The zero-order valence-electron chi connectivity index (χ0n) is 13.1. The van der Waals surface area contributed by atoms with Crippen molar-refractivity contribution in [2.75, 3.05) is 17.7 Å². The second kappa shape index (κ2) is 9.72. The first-order valence-corrected chi connectivity index (χ1v) is 8.66. The Balaban J connectivity index is 1.99. The van der Waals surface area contributed by atoms with Gasteiger partial charge in [-0.2, -0.15) is 5.10 Å².